The minimum Gasteiger partial charge on any atom is -0.478 e. The van der Waals surface area contributed by atoms with Gasteiger partial charge in [-0.25, -0.2) is 19.3 Å². The summed E-state index contributed by atoms with van der Waals surface area (Å²) in [6, 6.07) is 3.17. The lowest BCUT2D eigenvalue weighted by atomic mass is 10.1. The van der Waals surface area contributed by atoms with Crippen molar-refractivity contribution in [1.29, 1.82) is 0 Å². The van der Waals surface area contributed by atoms with Crippen LogP contribution in [0.15, 0.2) is 23.1 Å². The van der Waals surface area contributed by atoms with E-state index in [-0.39, 0.29) is 23.4 Å². The van der Waals surface area contributed by atoms with E-state index in [1.54, 1.807) is 17.8 Å². The number of carboxylic acids is 1. The number of primary amides is 1. The third-order valence-electron chi connectivity index (χ3n) is 3.72. The Bertz CT molecular complexity index is 663. The summed E-state index contributed by atoms with van der Waals surface area (Å²) in [7, 11) is 0. The molecule has 0 radical (unpaired) electrons. The topological polar surface area (TPSA) is 104 Å². The third-order valence-corrected chi connectivity index (χ3v) is 5.01. The van der Waals surface area contributed by atoms with E-state index in [2.05, 4.69) is 0 Å². The van der Waals surface area contributed by atoms with Gasteiger partial charge >= 0.3 is 18.0 Å². The number of carbonyl (C=O) groups excluding carboxylic acids is 2. The van der Waals surface area contributed by atoms with Gasteiger partial charge < -0.3 is 10.8 Å². The highest BCUT2D eigenvalue weighted by Crippen LogP contribution is 2.44. The summed E-state index contributed by atoms with van der Waals surface area (Å²) in [5, 5.41) is 9.17. The zero-order chi connectivity index (χ0) is 15.3. The number of urea groups is 2. The molecule has 0 saturated carbocycles. The van der Waals surface area contributed by atoms with Gasteiger partial charge in [-0.1, -0.05) is 6.92 Å². The molecule has 2 aliphatic rings. The van der Waals surface area contributed by atoms with Crippen molar-refractivity contribution in [2.75, 3.05) is 11.4 Å². The van der Waals surface area contributed by atoms with Gasteiger partial charge in [-0.15, -0.1) is 11.8 Å². The first kappa shape index (κ1) is 13.7. The van der Waals surface area contributed by atoms with Crippen molar-refractivity contribution in [3.63, 3.8) is 0 Å². The Kier molecular flexibility index (Phi) is 3.05. The van der Waals surface area contributed by atoms with Gasteiger partial charge in [0, 0.05) is 10.1 Å². The minimum atomic E-state index is -1.06. The van der Waals surface area contributed by atoms with Crippen LogP contribution in [-0.4, -0.2) is 45.9 Å². The molecule has 2 heterocycles. The fourth-order valence-corrected chi connectivity index (χ4v) is 3.85. The van der Waals surface area contributed by atoms with Gasteiger partial charge in [-0.3, -0.25) is 4.90 Å². The van der Waals surface area contributed by atoms with E-state index >= 15 is 0 Å². The molecule has 110 valence electrons. The van der Waals surface area contributed by atoms with Crippen LogP contribution < -0.4 is 10.6 Å². The Hall–Kier alpha value is -2.22. The second kappa shape index (κ2) is 4.66. The van der Waals surface area contributed by atoms with Gasteiger partial charge in [0.2, 0.25) is 0 Å². The van der Waals surface area contributed by atoms with Crippen molar-refractivity contribution >= 4 is 35.5 Å². The number of nitrogens with two attached hydrogens (primary N) is 1. The number of amides is 4. The molecule has 2 atom stereocenters. The predicted molar refractivity (Wildman–Crippen MR) is 76.7 cm³/mol. The van der Waals surface area contributed by atoms with Crippen molar-refractivity contribution < 1.29 is 19.5 Å². The summed E-state index contributed by atoms with van der Waals surface area (Å²) in [6.07, 6.45) is 0. The first-order valence-corrected chi connectivity index (χ1v) is 7.22. The molecule has 21 heavy (non-hydrogen) atoms. The lowest BCUT2D eigenvalue weighted by Gasteiger charge is -2.34. The van der Waals surface area contributed by atoms with E-state index in [1.807, 2.05) is 6.92 Å². The summed E-state index contributed by atoms with van der Waals surface area (Å²) in [5.74, 6) is -1.06. The summed E-state index contributed by atoms with van der Waals surface area (Å²) >= 11 is 1.56. The number of carboxylic acid groups (broad SMARTS) is 1. The quantitative estimate of drug-likeness (QED) is 0.819. The molecule has 1 aromatic carbocycles. The van der Waals surface area contributed by atoms with Crippen LogP contribution in [0, 0.1) is 0 Å². The Morgan fingerprint density at radius 1 is 1.43 bits per heavy atom. The predicted octanol–water partition coefficient (Wildman–Crippen LogP) is 1.57. The molecule has 8 heteroatoms. The summed E-state index contributed by atoms with van der Waals surface area (Å²) < 4.78 is 0. The number of carbonyl (C=O) groups is 3. The number of aromatic carboxylic acids is 1. The van der Waals surface area contributed by atoms with Crippen molar-refractivity contribution in [1.82, 2.24) is 4.90 Å². The maximum absolute atomic E-state index is 12.4. The Morgan fingerprint density at radius 3 is 2.76 bits per heavy atom. The van der Waals surface area contributed by atoms with E-state index in [0.717, 1.165) is 9.80 Å². The van der Waals surface area contributed by atoms with Crippen LogP contribution in [0.2, 0.25) is 0 Å². The SMILES string of the molecule is CC1Sc2ccc(C(=O)O)cc2N2C(=O)N(C(N)=O)CC12. The lowest BCUT2D eigenvalue weighted by molar-refractivity contribution is 0.0696. The summed E-state index contributed by atoms with van der Waals surface area (Å²) in [4.78, 5) is 38.1. The van der Waals surface area contributed by atoms with Crippen molar-refractivity contribution in [2.45, 2.75) is 23.1 Å². The smallest absolute Gasteiger partial charge is 0.335 e. The van der Waals surface area contributed by atoms with Gasteiger partial charge in [0.1, 0.15) is 0 Å². The van der Waals surface area contributed by atoms with Crippen LogP contribution in [0.5, 0.6) is 0 Å². The fraction of sp³-hybridized carbons (Fsp3) is 0.308. The number of hydrogen-bond acceptors (Lipinski definition) is 4. The van der Waals surface area contributed by atoms with E-state index in [0.29, 0.717) is 5.69 Å². The summed E-state index contributed by atoms with van der Waals surface area (Å²) in [6.45, 7) is 2.19. The first-order valence-electron chi connectivity index (χ1n) is 6.34. The number of anilines is 1. The molecule has 1 fully saturated rings. The third kappa shape index (κ3) is 2.02. The maximum atomic E-state index is 12.4. The van der Waals surface area contributed by atoms with Crippen LogP contribution >= 0.6 is 11.8 Å². The van der Waals surface area contributed by atoms with E-state index in [4.69, 9.17) is 10.8 Å². The number of fused-ring (bicyclic) bond motifs is 3. The second-order valence-electron chi connectivity index (χ2n) is 4.98. The fourth-order valence-electron chi connectivity index (χ4n) is 2.66. The summed E-state index contributed by atoms with van der Waals surface area (Å²) in [5.41, 5.74) is 5.85. The normalized spacial score (nSPS) is 23.8. The number of benzene rings is 1. The zero-order valence-electron chi connectivity index (χ0n) is 11.1. The zero-order valence-corrected chi connectivity index (χ0v) is 12.0. The number of rotatable bonds is 1. The second-order valence-corrected chi connectivity index (χ2v) is 6.40. The maximum Gasteiger partial charge on any atom is 0.335 e. The largest absolute Gasteiger partial charge is 0.478 e. The van der Waals surface area contributed by atoms with Gasteiger partial charge in [0.25, 0.3) is 0 Å². The highest BCUT2D eigenvalue weighted by Gasteiger charge is 2.46. The van der Waals surface area contributed by atoms with Gasteiger partial charge in [-0.2, -0.15) is 0 Å². The number of thioether (sulfide) groups is 1. The molecule has 2 unspecified atom stereocenters. The molecule has 3 rings (SSSR count). The lowest BCUT2D eigenvalue weighted by Crippen LogP contribution is -2.43. The van der Waals surface area contributed by atoms with Crippen LogP contribution in [0.1, 0.15) is 17.3 Å². The molecule has 1 aromatic rings. The van der Waals surface area contributed by atoms with Gasteiger partial charge in [0.05, 0.1) is 23.8 Å². The van der Waals surface area contributed by atoms with E-state index in [9.17, 15) is 14.4 Å². The molecule has 0 spiro atoms. The van der Waals surface area contributed by atoms with Crippen LogP contribution in [0.3, 0.4) is 0 Å². The molecular formula is C13H13N3O4S. The highest BCUT2D eigenvalue weighted by molar-refractivity contribution is 8.00. The Morgan fingerprint density at radius 2 is 2.14 bits per heavy atom. The molecule has 4 amide bonds. The van der Waals surface area contributed by atoms with Crippen LogP contribution in [0.25, 0.3) is 0 Å². The molecular weight excluding hydrogens is 294 g/mol. The Balaban J connectivity index is 2.09. The van der Waals surface area contributed by atoms with Gasteiger partial charge in [0.15, 0.2) is 0 Å². The van der Waals surface area contributed by atoms with Crippen molar-refractivity contribution in [3.8, 4) is 0 Å². The average Bonchev–Trinajstić information content (AvgIpc) is 2.77. The molecule has 3 N–H and O–H groups in total. The molecule has 1 saturated heterocycles. The van der Waals surface area contributed by atoms with E-state index < -0.39 is 18.0 Å². The number of imide groups is 1. The molecule has 0 aliphatic carbocycles. The van der Waals surface area contributed by atoms with Crippen molar-refractivity contribution in [2.24, 2.45) is 5.73 Å². The van der Waals surface area contributed by atoms with E-state index in [1.165, 1.54) is 17.0 Å². The van der Waals surface area contributed by atoms with Crippen LogP contribution in [0.4, 0.5) is 15.3 Å². The minimum absolute atomic E-state index is 0.0847. The van der Waals surface area contributed by atoms with Gasteiger partial charge in [-0.05, 0) is 18.2 Å². The Labute approximate surface area is 124 Å². The molecule has 7 nitrogen and oxygen atoms in total. The monoisotopic (exact) mass is 307 g/mol. The number of hydrogen-bond donors (Lipinski definition) is 2. The molecule has 0 bridgehead atoms. The van der Waals surface area contributed by atoms with Crippen LogP contribution in [-0.2, 0) is 0 Å². The highest BCUT2D eigenvalue weighted by atomic mass is 32.2. The number of nitrogens with zero attached hydrogens (tertiary/aromatic N) is 2. The first-order chi connectivity index (χ1) is 9.90. The van der Waals surface area contributed by atoms with Crippen molar-refractivity contribution in [3.05, 3.63) is 23.8 Å². The standard InChI is InChI=1S/C13H13N3O4S/c1-6-9-5-15(12(14)19)13(20)16(9)8-4-7(11(17)18)2-3-10(8)21-6/h2-4,6,9H,5H2,1H3,(H2,14,19)(H,17,18). The molecule has 2 aliphatic heterocycles. The average molecular weight is 307 g/mol. The molecule has 0 aromatic heterocycles.